The van der Waals surface area contributed by atoms with Gasteiger partial charge in [0.25, 0.3) is 0 Å². The highest BCUT2D eigenvalue weighted by molar-refractivity contribution is 7.46. The lowest BCUT2D eigenvalue weighted by atomic mass is 9.87. The second-order valence-corrected chi connectivity index (χ2v) is 13.0. The topological polar surface area (TPSA) is 193 Å². The number of nitrogens with zero attached hydrogens (tertiary/aromatic N) is 3. The zero-order valence-electron chi connectivity index (χ0n) is 26.0. The minimum absolute atomic E-state index is 0.00244. The fourth-order valence-electron chi connectivity index (χ4n) is 4.77. The maximum Gasteiger partial charge on any atom is 0.469 e. The van der Waals surface area contributed by atoms with Gasteiger partial charge in [-0.1, -0.05) is 26.8 Å². The van der Waals surface area contributed by atoms with Crippen LogP contribution in [0.15, 0.2) is 48.8 Å². The number of benzene rings is 2. The molecule has 1 amide bonds. The van der Waals surface area contributed by atoms with Crippen molar-refractivity contribution < 1.29 is 37.5 Å². The number of phosphoric acid groups is 1. The van der Waals surface area contributed by atoms with E-state index >= 15 is 0 Å². The molecule has 0 aliphatic rings. The Balaban J connectivity index is 1.39. The number of fused-ring (bicyclic) bond motifs is 1. The summed E-state index contributed by atoms with van der Waals surface area (Å²) in [5.41, 5.74) is 1.50. The van der Waals surface area contributed by atoms with Crippen molar-refractivity contribution in [2.24, 2.45) is 5.41 Å². The molecule has 248 valence electrons. The molecule has 0 saturated carbocycles. The van der Waals surface area contributed by atoms with Crippen LogP contribution in [0, 0.1) is 11.2 Å². The number of aromatic amines is 1. The average Bonchev–Trinajstić information content (AvgIpc) is 3.40. The second-order valence-electron chi connectivity index (χ2n) is 11.8. The molecule has 46 heavy (non-hydrogen) atoms. The lowest BCUT2D eigenvalue weighted by molar-refractivity contribution is -0.115. The standard InChI is InChI=1S/C30H39FN7O7P/c1-30(2,3)17-21(32-9-11-45-46(40,41)42)8-10-44-26-16-24-23(15-25(26)43-4)29(34-18-33-24)36-27-13-22(37-38-27)14-28(39)35-20-7-5-6-19(31)12-20/h5-7,12-13,15-16,18,21,32H,8-11,14,17H2,1-4H3,(H,35,39)(H2,40,41,42)(H2,33,34,36,37,38). The highest BCUT2D eigenvalue weighted by Gasteiger charge is 2.20. The third-order valence-electron chi connectivity index (χ3n) is 6.63. The average molecular weight is 660 g/mol. The van der Waals surface area contributed by atoms with Crippen molar-refractivity contribution in [2.45, 2.75) is 46.1 Å². The van der Waals surface area contributed by atoms with E-state index in [1.54, 1.807) is 24.3 Å². The molecule has 1 atom stereocenters. The number of amides is 1. The van der Waals surface area contributed by atoms with Crippen LogP contribution >= 0.6 is 7.82 Å². The van der Waals surface area contributed by atoms with Gasteiger partial charge >= 0.3 is 7.82 Å². The first-order valence-corrected chi connectivity index (χ1v) is 16.1. The number of rotatable bonds is 16. The monoisotopic (exact) mass is 659 g/mol. The zero-order valence-corrected chi connectivity index (χ0v) is 26.9. The lowest BCUT2D eigenvalue weighted by Crippen LogP contribution is -2.36. The van der Waals surface area contributed by atoms with E-state index in [1.807, 2.05) is 0 Å². The van der Waals surface area contributed by atoms with E-state index in [2.05, 4.69) is 61.4 Å². The Kier molecular flexibility index (Phi) is 11.7. The van der Waals surface area contributed by atoms with Crippen LogP contribution in [0.25, 0.3) is 10.9 Å². The first-order chi connectivity index (χ1) is 21.8. The number of hydrogen-bond donors (Lipinski definition) is 6. The molecular weight excluding hydrogens is 620 g/mol. The number of nitrogens with one attached hydrogen (secondary N) is 4. The molecule has 2 heterocycles. The van der Waals surface area contributed by atoms with Gasteiger partial charge in [-0.2, -0.15) is 5.10 Å². The summed E-state index contributed by atoms with van der Waals surface area (Å²) in [6, 6.07) is 10.9. The number of halogens is 1. The van der Waals surface area contributed by atoms with Crippen LogP contribution in [0.2, 0.25) is 0 Å². The smallest absolute Gasteiger partial charge is 0.469 e. The molecule has 4 rings (SSSR count). The number of hydrogen-bond acceptors (Lipinski definition) is 10. The van der Waals surface area contributed by atoms with E-state index in [-0.39, 0.29) is 36.9 Å². The summed E-state index contributed by atoms with van der Waals surface area (Å²) in [6.07, 6.45) is 2.82. The van der Waals surface area contributed by atoms with E-state index in [4.69, 9.17) is 19.3 Å². The normalized spacial score (nSPS) is 12.6. The number of carbonyl (C=O) groups is 1. The van der Waals surface area contributed by atoms with Gasteiger partial charge in [0.2, 0.25) is 5.91 Å². The van der Waals surface area contributed by atoms with Crippen LogP contribution in [0.4, 0.5) is 21.7 Å². The van der Waals surface area contributed by atoms with Gasteiger partial charge in [-0.05, 0) is 42.5 Å². The molecule has 0 bridgehead atoms. The second kappa shape index (κ2) is 15.4. The van der Waals surface area contributed by atoms with Crippen molar-refractivity contribution in [3.8, 4) is 11.5 Å². The summed E-state index contributed by atoms with van der Waals surface area (Å²) in [5.74, 6) is 1.07. The molecule has 16 heteroatoms. The number of methoxy groups -OCH3 is 1. The first-order valence-electron chi connectivity index (χ1n) is 14.5. The van der Waals surface area contributed by atoms with E-state index in [1.165, 1.54) is 31.6 Å². The molecule has 2 aromatic carbocycles. The van der Waals surface area contributed by atoms with Gasteiger partial charge in [0.05, 0.1) is 32.3 Å². The van der Waals surface area contributed by atoms with Crippen LogP contribution in [-0.4, -0.2) is 68.8 Å². The molecule has 0 saturated heterocycles. The quantitative estimate of drug-likeness (QED) is 0.0719. The Labute approximate surface area is 265 Å². The number of phosphoric ester groups is 1. The predicted octanol–water partition coefficient (Wildman–Crippen LogP) is 4.70. The number of carbonyl (C=O) groups excluding carboxylic acids is 1. The molecule has 14 nitrogen and oxygen atoms in total. The number of H-pyrrole nitrogens is 1. The van der Waals surface area contributed by atoms with E-state index in [0.29, 0.717) is 58.4 Å². The molecule has 1 unspecified atom stereocenters. The minimum Gasteiger partial charge on any atom is -0.493 e. The largest absolute Gasteiger partial charge is 0.493 e. The van der Waals surface area contributed by atoms with Crippen molar-refractivity contribution in [3.63, 3.8) is 0 Å². The van der Waals surface area contributed by atoms with Crippen LogP contribution in [0.1, 0.15) is 39.3 Å². The van der Waals surface area contributed by atoms with Gasteiger partial charge < -0.3 is 35.2 Å². The maximum atomic E-state index is 13.4. The van der Waals surface area contributed by atoms with Gasteiger partial charge in [0, 0.05) is 41.5 Å². The number of aromatic nitrogens is 4. The van der Waals surface area contributed by atoms with E-state index < -0.39 is 13.6 Å². The molecule has 2 aromatic heterocycles. The molecule has 4 aromatic rings. The highest BCUT2D eigenvalue weighted by atomic mass is 31.2. The molecular formula is C30H39FN7O7P. The maximum absolute atomic E-state index is 13.4. The van der Waals surface area contributed by atoms with E-state index in [9.17, 15) is 13.8 Å². The molecule has 6 N–H and O–H groups in total. The SMILES string of the molecule is COc1cc2c(Nc3cc(CC(=O)Nc4cccc(F)c4)[nH]n3)ncnc2cc1OCCC(CC(C)(C)C)NCCOP(=O)(O)O. The van der Waals surface area contributed by atoms with Gasteiger partial charge in [-0.25, -0.2) is 18.9 Å². The van der Waals surface area contributed by atoms with Crippen LogP contribution in [-0.2, 0) is 20.3 Å². The van der Waals surface area contributed by atoms with Crippen LogP contribution in [0.3, 0.4) is 0 Å². The highest BCUT2D eigenvalue weighted by Crippen LogP contribution is 2.36. The summed E-state index contributed by atoms with van der Waals surface area (Å²) in [6.45, 7) is 6.84. The fourth-order valence-corrected chi connectivity index (χ4v) is 5.10. The van der Waals surface area contributed by atoms with Gasteiger partial charge in [0.1, 0.15) is 18.0 Å². The van der Waals surface area contributed by atoms with E-state index in [0.717, 1.165) is 6.42 Å². The molecule has 0 spiro atoms. The van der Waals surface area contributed by atoms with Crippen molar-refractivity contribution >= 4 is 42.0 Å². The van der Waals surface area contributed by atoms with Gasteiger partial charge in [-0.3, -0.25) is 14.4 Å². The number of ether oxygens (including phenoxy) is 2. The third kappa shape index (κ3) is 11.0. The molecule has 0 fully saturated rings. The van der Waals surface area contributed by atoms with Gasteiger partial charge in [0.15, 0.2) is 17.3 Å². The zero-order chi connectivity index (χ0) is 33.3. The van der Waals surface area contributed by atoms with Crippen LogP contribution < -0.4 is 25.4 Å². The Morgan fingerprint density at radius 2 is 1.91 bits per heavy atom. The molecule has 0 radical (unpaired) electrons. The Hall–Kier alpha value is -4.14. The van der Waals surface area contributed by atoms with Crippen molar-refractivity contribution in [2.75, 3.05) is 37.5 Å². The van der Waals surface area contributed by atoms with Crippen LogP contribution in [0.5, 0.6) is 11.5 Å². The Bertz CT molecular complexity index is 1680. The summed E-state index contributed by atoms with van der Waals surface area (Å²) in [7, 11) is -2.99. The lowest BCUT2D eigenvalue weighted by Gasteiger charge is -2.27. The summed E-state index contributed by atoms with van der Waals surface area (Å²) < 4.78 is 40.7. The molecule has 0 aliphatic heterocycles. The number of anilines is 3. The fraction of sp³-hybridized carbons (Fsp3) is 0.400. The third-order valence-corrected chi connectivity index (χ3v) is 7.15. The van der Waals surface area contributed by atoms with Gasteiger partial charge in [-0.15, -0.1) is 0 Å². The Morgan fingerprint density at radius 3 is 2.63 bits per heavy atom. The summed E-state index contributed by atoms with van der Waals surface area (Å²) >= 11 is 0. The Morgan fingerprint density at radius 1 is 1.11 bits per heavy atom. The minimum atomic E-state index is -4.52. The van der Waals surface area contributed by atoms with Crippen molar-refractivity contribution in [1.82, 2.24) is 25.5 Å². The predicted molar refractivity (Wildman–Crippen MR) is 171 cm³/mol. The first kappa shape index (κ1) is 34.7. The summed E-state index contributed by atoms with van der Waals surface area (Å²) in [5, 5.41) is 16.8. The summed E-state index contributed by atoms with van der Waals surface area (Å²) in [4.78, 5) is 39.0. The van der Waals surface area contributed by atoms with Crippen molar-refractivity contribution in [3.05, 3.63) is 60.3 Å². The van der Waals surface area contributed by atoms with Crippen molar-refractivity contribution in [1.29, 1.82) is 0 Å². The molecule has 0 aliphatic carbocycles.